The van der Waals surface area contributed by atoms with Gasteiger partial charge in [0.1, 0.15) is 12.2 Å². The molecule has 13 heavy (non-hydrogen) atoms. The van der Waals surface area contributed by atoms with Crippen molar-refractivity contribution in [3.05, 3.63) is 0 Å². The maximum atomic E-state index is 10.6. The number of carbonyl (C=O) groups excluding carboxylic acids is 2. The Morgan fingerprint density at radius 2 is 2.31 bits per heavy atom. The Morgan fingerprint density at radius 3 is 2.69 bits per heavy atom. The summed E-state index contributed by atoms with van der Waals surface area (Å²) in [6.45, 7) is -1.45. The molecule has 0 aliphatic rings. The van der Waals surface area contributed by atoms with Gasteiger partial charge in [0, 0.05) is 8.27 Å². The van der Waals surface area contributed by atoms with Gasteiger partial charge in [-0.15, -0.1) is 0 Å². The Bertz CT molecular complexity index is 197. The first kappa shape index (κ1) is 10.1. The first-order valence-electron chi connectivity index (χ1n) is 4.18. The number of rotatable bonds is 5. The average molecular weight is 193 g/mol. The molecule has 0 aromatic carbocycles. The summed E-state index contributed by atoms with van der Waals surface area (Å²) in [5.41, 5.74) is 0. The van der Waals surface area contributed by atoms with E-state index in [0.29, 0.717) is 0 Å². The molecule has 0 fully saturated rings. The van der Waals surface area contributed by atoms with Gasteiger partial charge in [-0.3, -0.25) is 9.59 Å². The standard InChI is InChI=1S/C7H12O6/c1-4(10)13-6(3-9)7(12)5(11)2-8/h3,5-8,11-12H,2H2,1H3/t5-,6+,7+/m1/s1/i1D. The van der Waals surface area contributed by atoms with Crippen LogP contribution in [0.2, 0.25) is 0 Å². The third kappa shape index (κ3) is 3.97. The van der Waals surface area contributed by atoms with Crippen LogP contribution >= 0.6 is 0 Å². The van der Waals surface area contributed by atoms with Crippen LogP contribution in [0, 0.1) is 0 Å². The molecule has 6 heteroatoms. The maximum absolute atomic E-state index is 10.6. The lowest BCUT2D eigenvalue weighted by Crippen LogP contribution is -2.42. The van der Waals surface area contributed by atoms with Crippen LogP contribution in [0.4, 0.5) is 0 Å². The number of esters is 1. The van der Waals surface area contributed by atoms with Crippen molar-refractivity contribution in [2.24, 2.45) is 0 Å². The highest BCUT2D eigenvalue weighted by Gasteiger charge is 2.27. The van der Waals surface area contributed by atoms with Gasteiger partial charge in [0.2, 0.25) is 0 Å². The summed E-state index contributed by atoms with van der Waals surface area (Å²) in [7, 11) is 0. The van der Waals surface area contributed by atoms with Gasteiger partial charge in [-0.05, 0) is 0 Å². The first-order valence-corrected chi connectivity index (χ1v) is 3.47. The Balaban J connectivity index is 4.25. The zero-order chi connectivity index (χ0) is 11.1. The topological polar surface area (TPSA) is 104 Å². The Labute approximate surface area is 76.2 Å². The van der Waals surface area contributed by atoms with E-state index in [-0.39, 0.29) is 6.29 Å². The zero-order valence-electron chi connectivity index (χ0n) is 7.79. The Morgan fingerprint density at radius 1 is 1.69 bits per heavy atom. The summed E-state index contributed by atoms with van der Waals surface area (Å²) in [5.74, 6) is -0.994. The van der Waals surface area contributed by atoms with Gasteiger partial charge < -0.3 is 20.1 Å². The maximum Gasteiger partial charge on any atom is 0.303 e. The van der Waals surface area contributed by atoms with Gasteiger partial charge in [-0.1, -0.05) is 0 Å². The highest BCUT2D eigenvalue weighted by molar-refractivity contribution is 5.70. The van der Waals surface area contributed by atoms with Gasteiger partial charge in [0.25, 0.3) is 0 Å². The van der Waals surface area contributed by atoms with Crippen LogP contribution in [0.1, 0.15) is 8.27 Å². The van der Waals surface area contributed by atoms with E-state index in [1.807, 2.05) is 0 Å². The van der Waals surface area contributed by atoms with Gasteiger partial charge in [-0.2, -0.15) is 0 Å². The average Bonchev–Trinajstić information content (AvgIpc) is 2.23. The fourth-order valence-corrected chi connectivity index (χ4v) is 0.657. The summed E-state index contributed by atoms with van der Waals surface area (Å²) in [4.78, 5) is 20.9. The third-order valence-corrected chi connectivity index (χ3v) is 1.32. The molecule has 0 saturated carbocycles. The summed E-state index contributed by atoms with van der Waals surface area (Å²) in [6.07, 6.45) is -4.69. The van der Waals surface area contributed by atoms with E-state index in [0.717, 1.165) is 0 Å². The smallest absolute Gasteiger partial charge is 0.303 e. The van der Waals surface area contributed by atoms with Crippen LogP contribution in [0.5, 0.6) is 0 Å². The summed E-state index contributed by atoms with van der Waals surface area (Å²) < 4.78 is 10.9. The summed E-state index contributed by atoms with van der Waals surface area (Å²) in [6, 6.07) is 0. The molecule has 0 heterocycles. The number of carbonyl (C=O) groups is 2. The van der Waals surface area contributed by atoms with E-state index < -0.39 is 37.8 Å². The van der Waals surface area contributed by atoms with E-state index in [1.165, 1.54) is 0 Å². The molecule has 0 amide bonds. The predicted molar refractivity (Wildman–Crippen MR) is 40.7 cm³/mol. The zero-order valence-corrected chi connectivity index (χ0v) is 6.79. The van der Waals surface area contributed by atoms with Crippen molar-refractivity contribution >= 4 is 12.3 Å². The molecule has 0 aromatic rings. The van der Waals surface area contributed by atoms with E-state index in [4.69, 9.17) is 16.7 Å². The molecular formula is C7H12O6. The van der Waals surface area contributed by atoms with E-state index >= 15 is 0 Å². The van der Waals surface area contributed by atoms with Crippen LogP contribution in [-0.2, 0) is 14.3 Å². The van der Waals surface area contributed by atoms with Crippen LogP contribution in [0.25, 0.3) is 0 Å². The molecule has 0 aliphatic carbocycles. The first-order chi connectivity index (χ1) is 6.56. The van der Waals surface area contributed by atoms with Crippen molar-refractivity contribution in [2.75, 3.05) is 6.61 Å². The minimum absolute atomic E-state index is 0.122. The van der Waals surface area contributed by atoms with Crippen molar-refractivity contribution in [1.82, 2.24) is 0 Å². The molecule has 6 nitrogen and oxygen atoms in total. The van der Waals surface area contributed by atoms with Gasteiger partial charge >= 0.3 is 5.97 Å². The minimum Gasteiger partial charge on any atom is -0.452 e. The highest BCUT2D eigenvalue weighted by atomic mass is 16.6. The number of aliphatic hydroxyl groups excluding tert-OH is 3. The summed E-state index contributed by atoms with van der Waals surface area (Å²) >= 11 is 0. The number of aliphatic hydroxyl groups is 3. The van der Waals surface area contributed by atoms with Crippen molar-refractivity contribution in [1.29, 1.82) is 0 Å². The van der Waals surface area contributed by atoms with Crippen molar-refractivity contribution in [3.8, 4) is 0 Å². The van der Waals surface area contributed by atoms with Crippen molar-refractivity contribution in [3.63, 3.8) is 0 Å². The second-order valence-electron chi connectivity index (χ2n) is 2.33. The number of hydrogen-bond acceptors (Lipinski definition) is 6. The van der Waals surface area contributed by atoms with Crippen LogP contribution < -0.4 is 0 Å². The van der Waals surface area contributed by atoms with E-state index in [1.54, 1.807) is 0 Å². The van der Waals surface area contributed by atoms with Gasteiger partial charge in [0.15, 0.2) is 12.4 Å². The molecular weight excluding hydrogens is 180 g/mol. The van der Waals surface area contributed by atoms with Crippen molar-refractivity contribution in [2.45, 2.75) is 25.2 Å². The Kier molecular flexibility index (Phi) is 4.37. The number of ether oxygens (including phenoxy) is 1. The minimum atomic E-state index is -1.69. The van der Waals surface area contributed by atoms with E-state index in [9.17, 15) is 9.59 Å². The molecule has 0 saturated heterocycles. The van der Waals surface area contributed by atoms with Crippen LogP contribution in [0.3, 0.4) is 0 Å². The lowest BCUT2D eigenvalue weighted by Gasteiger charge is -2.20. The molecule has 0 aromatic heterocycles. The molecule has 76 valence electrons. The lowest BCUT2D eigenvalue weighted by molar-refractivity contribution is -0.161. The largest absolute Gasteiger partial charge is 0.452 e. The van der Waals surface area contributed by atoms with Crippen molar-refractivity contribution < 1.29 is 31.0 Å². The second-order valence-corrected chi connectivity index (χ2v) is 2.33. The number of aldehydes is 1. The summed E-state index contributed by atoms with van der Waals surface area (Å²) in [5, 5.41) is 26.5. The molecule has 0 radical (unpaired) electrons. The predicted octanol–water partition coefficient (Wildman–Crippen LogP) is -2.17. The van der Waals surface area contributed by atoms with Crippen LogP contribution in [0.15, 0.2) is 0 Å². The molecule has 3 atom stereocenters. The molecule has 0 spiro atoms. The fourth-order valence-electron chi connectivity index (χ4n) is 0.657. The number of hydrogen-bond donors (Lipinski definition) is 3. The molecule has 0 bridgehead atoms. The molecule has 3 N–H and O–H groups in total. The fraction of sp³-hybridized carbons (Fsp3) is 0.714. The van der Waals surface area contributed by atoms with Gasteiger partial charge in [0.05, 0.1) is 6.61 Å². The van der Waals surface area contributed by atoms with Gasteiger partial charge in [-0.25, -0.2) is 0 Å². The monoisotopic (exact) mass is 193 g/mol. The molecule has 0 aliphatic heterocycles. The third-order valence-electron chi connectivity index (χ3n) is 1.32. The molecule has 0 unspecified atom stereocenters. The second kappa shape index (κ2) is 5.63. The van der Waals surface area contributed by atoms with E-state index in [2.05, 4.69) is 4.74 Å². The SMILES string of the molecule is [2H]CC(=O)O[C@@H](C=O)[C@@H](O)[C@H](O)CO. The normalized spacial score (nSPS) is 18.2. The van der Waals surface area contributed by atoms with Crippen LogP contribution in [-0.4, -0.2) is 52.5 Å². The Hall–Kier alpha value is -0.980. The lowest BCUT2D eigenvalue weighted by atomic mass is 10.1. The highest BCUT2D eigenvalue weighted by Crippen LogP contribution is 2.02. The quantitative estimate of drug-likeness (QED) is 0.339. The molecule has 0 rings (SSSR count).